The van der Waals surface area contributed by atoms with Crippen molar-refractivity contribution < 1.29 is 13.2 Å². The second-order valence-electron chi connectivity index (χ2n) is 18.3. The Labute approximate surface area is 405 Å². The number of hydrogen-bond acceptors (Lipinski definition) is 2. The maximum Gasteiger partial charge on any atom is 0.137 e. The van der Waals surface area contributed by atoms with Crippen LogP contribution >= 0.6 is 0 Å². The van der Waals surface area contributed by atoms with Gasteiger partial charge in [-0.3, -0.25) is 0 Å². The highest BCUT2D eigenvalue weighted by atomic mass is 19.1. The molecule has 1 heterocycles. The lowest BCUT2D eigenvalue weighted by Gasteiger charge is -2.36. The largest absolute Gasteiger partial charge is 0.456 e. The number of para-hydroxylation sites is 1. The topological polar surface area (TPSA) is 16.4 Å². The molecule has 2 nitrogen and oxygen atoms in total. The van der Waals surface area contributed by atoms with Gasteiger partial charge in [-0.25, -0.2) is 8.78 Å². The number of benzene rings is 10. The Balaban J connectivity index is 1.11. The number of hydrogen-bond donors (Lipinski definition) is 0. The number of fused-ring (bicyclic) bond motifs is 9. The van der Waals surface area contributed by atoms with Crippen LogP contribution in [0.2, 0.25) is 0 Å². The minimum absolute atomic E-state index is 0.303. The van der Waals surface area contributed by atoms with Crippen LogP contribution in [0, 0.1) is 11.6 Å². The molecule has 0 fully saturated rings. The molecule has 4 heteroatoms. The van der Waals surface area contributed by atoms with Gasteiger partial charge in [-0.1, -0.05) is 177 Å². The minimum Gasteiger partial charge on any atom is -0.456 e. The molecule has 2 atom stereocenters. The third-order valence-corrected chi connectivity index (χ3v) is 14.9. The van der Waals surface area contributed by atoms with E-state index in [1.165, 1.54) is 12.1 Å². The molecule has 0 saturated heterocycles. The number of halogens is 2. The van der Waals surface area contributed by atoms with E-state index in [-0.39, 0.29) is 11.6 Å². The first-order valence-corrected chi connectivity index (χ1v) is 23.6. The third kappa shape index (κ3) is 5.96. The van der Waals surface area contributed by atoms with Crippen molar-refractivity contribution in [3.8, 4) is 22.3 Å². The van der Waals surface area contributed by atoms with E-state index in [0.717, 1.165) is 117 Å². The lowest BCUT2D eigenvalue weighted by atomic mass is 9.67. The predicted octanol–water partition coefficient (Wildman–Crippen LogP) is 17.3. The van der Waals surface area contributed by atoms with Crippen molar-refractivity contribution in [3.05, 3.63) is 305 Å². The van der Waals surface area contributed by atoms with Crippen molar-refractivity contribution in [2.75, 3.05) is 4.90 Å². The number of rotatable bonds is 9. The fourth-order valence-electron chi connectivity index (χ4n) is 11.9. The molecule has 13 rings (SSSR count). The highest BCUT2D eigenvalue weighted by Gasteiger charge is 2.48. The van der Waals surface area contributed by atoms with Crippen molar-refractivity contribution in [1.29, 1.82) is 0 Å². The first-order valence-electron chi connectivity index (χ1n) is 23.6. The Morgan fingerprint density at radius 2 is 0.800 bits per heavy atom. The monoisotopic (exact) mass is 903 g/mol. The zero-order chi connectivity index (χ0) is 47.1. The van der Waals surface area contributed by atoms with E-state index >= 15 is 8.78 Å². The van der Waals surface area contributed by atoms with Gasteiger partial charge in [0.25, 0.3) is 0 Å². The summed E-state index contributed by atoms with van der Waals surface area (Å²) in [7, 11) is 0. The van der Waals surface area contributed by atoms with Gasteiger partial charge in [0.1, 0.15) is 22.8 Å². The average molecular weight is 904 g/mol. The second-order valence-corrected chi connectivity index (χ2v) is 18.3. The highest BCUT2D eigenvalue weighted by molar-refractivity contribution is 6.06. The van der Waals surface area contributed by atoms with E-state index in [4.69, 9.17) is 4.42 Å². The minimum atomic E-state index is -0.887. The quantitative estimate of drug-likeness (QED) is 0.143. The number of furan rings is 1. The molecule has 70 heavy (non-hydrogen) atoms. The Hall–Kier alpha value is -8.86. The van der Waals surface area contributed by atoms with Crippen LogP contribution in [-0.4, -0.2) is 0 Å². The van der Waals surface area contributed by atoms with E-state index in [2.05, 4.69) is 176 Å². The maximum absolute atomic E-state index is 15.8. The van der Waals surface area contributed by atoms with Crippen LogP contribution in [0.25, 0.3) is 56.3 Å². The molecule has 0 spiro atoms. The number of nitrogens with zero attached hydrogens (tertiary/aromatic N) is 1. The van der Waals surface area contributed by atoms with Crippen LogP contribution in [0.4, 0.5) is 25.8 Å². The van der Waals surface area contributed by atoms with Gasteiger partial charge in [-0.15, -0.1) is 0 Å². The van der Waals surface area contributed by atoms with E-state index in [1.807, 2.05) is 54.6 Å². The fourth-order valence-corrected chi connectivity index (χ4v) is 11.9. The molecule has 0 aliphatic heterocycles. The molecule has 2 aliphatic carbocycles. The third-order valence-electron chi connectivity index (χ3n) is 14.9. The van der Waals surface area contributed by atoms with Gasteiger partial charge in [0, 0.05) is 33.9 Å². The van der Waals surface area contributed by atoms with Gasteiger partial charge in [0.15, 0.2) is 0 Å². The van der Waals surface area contributed by atoms with Gasteiger partial charge in [0.2, 0.25) is 0 Å². The molecule has 1 aromatic heterocycles. The first-order chi connectivity index (χ1) is 34.4. The van der Waals surface area contributed by atoms with Gasteiger partial charge in [0.05, 0.1) is 10.8 Å². The van der Waals surface area contributed by atoms with Gasteiger partial charge < -0.3 is 9.32 Å². The Morgan fingerprint density at radius 3 is 1.31 bits per heavy atom. The van der Waals surface area contributed by atoms with Crippen molar-refractivity contribution in [3.63, 3.8) is 0 Å². The zero-order valence-electron chi connectivity index (χ0n) is 38.0. The molecule has 0 radical (unpaired) electrons. The van der Waals surface area contributed by atoms with Gasteiger partial charge in [-0.05, 0) is 145 Å². The predicted molar refractivity (Wildman–Crippen MR) is 283 cm³/mol. The Kier molecular flexibility index (Phi) is 9.37. The summed E-state index contributed by atoms with van der Waals surface area (Å²) >= 11 is 0. The smallest absolute Gasteiger partial charge is 0.137 e. The summed E-state index contributed by atoms with van der Waals surface area (Å²) in [5.74, 6) is -0.607. The van der Waals surface area contributed by atoms with E-state index in [9.17, 15) is 0 Å². The molecule has 0 bridgehead atoms. The van der Waals surface area contributed by atoms with Crippen LogP contribution in [0.15, 0.2) is 242 Å². The summed E-state index contributed by atoms with van der Waals surface area (Å²) in [6.45, 7) is 8.08. The fraction of sp³-hybridized carbons (Fsp3) is 0.0303. The maximum atomic E-state index is 15.8. The SMILES string of the molecule is C=Cc1ccc(C2(c3cccc(F)c3)c3ccccc3-c3ccc(N(c4ccc5c(c4)C(c4ccc(C=C)cc4)(c4cccc(F)c4)c4ccccc4-5)c4ccc5c(c4)oc4ccccc45)cc32)cc1. The Bertz CT molecular complexity index is 3720. The van der Waals surface area contributed by atoms with Crippen molar-refractivity contribution in [1.82, 2.24) is 0 Å². The van der Waals surface area contributed by atoms with Crippen LogP contribution in [0.1, 0.15) is 55.6 Å². The summed E-state index contributed by atoms with van der Waals surface area (Å²) < 4.78 is 38.1. The molecular weight excluding hydrogens is 861 g/mol. The summed E-state index contributed by atoms with van der Waals surface area (Å²) in [5.41, 5.74) is 16.7. The molecule has 0 amide bonds. The van der Waals surface area contributed by atoms with Crippen molar-refractivity contribution in [2.45, 2.75) is 10.8 Å². The molecule has 2 aliphatic rings. The molecular formula is C66H43F2NO. The zero-order valence-corrected chi connectivity index (χ0v) is 38.0. The summed E-state index contributed by atoms with van der Waals surface area (Å²) in [6.07, 6.45) is 3.69. The van der Waals surface area contributed by atoms with Gasteiger partial charge in [-0.2, -0.15) is 0 Å². The highest BCUT2D eigenvalue weighted by Crippen LogP contribution is 2.60. The molecule has 11 aromatic rings. The first kappa shape index (κ1) is 41.3. The molecule has 0 saturated carbocycles. The van der Waals surface area contributed by atoms with Crippen LogP contribution in [0.5, 0.6) is 0 Å². The second kappa shape index (κ2) is 15.9. The lowest BCUT2D eigenvalue weighted by molar-refractivity contribution is 0.620. The molecule has 0 N–H and O–H groups in total. The number of anilines is 3. The van der Waals surface area contributed by atoms with E-state index in [1.54, 1.807) is 12.1 Å². The average Bonchev–Trinajstić information content (AvgIpc) is 4.03. The standard InChI is InChI=1S/C66H43F2NO/c1-3-42-23-27-44(28-24-42)65(46-13-11-15-48(67)37-46)59-20-8-5-17-53(59)55-34-31-50(39-61(55)65)69(52-33-36-58-57-19-7-10-22-63(57)70-64(58)41-52)51-32-35-56-54-18-6-9-21-60(54)66(62(56)40-51,47-14-12-16-49(68)38-47)45-29-25-43(4-2)26-30-45/h3-41H,1-2H2. The summed E-state index contributed by atoms with van der Waals surface area (Å²) in [5, 5.41) is 2.07. The van der Waals surface area contributed by atoms with E-state index in [0.29, 0.717) is 0 Å². The lowest BCUT2D eigenvalue weighted by Crippen LogP contribution is -2.29. The van der Waals surface area contributed by atoms with Crippen molar-refractivity contribution >= 4 is 51.2 Å². The van der Waals surface area contributed by atoms with Crippen molar-refractivity contribution in [2.24, 2.45) is 0 Å². The summed E-state index contributed by atoms with van der Waals surface area (Å²) in [6, 6.07) is 76.0. The van der Waals surface area contributed by atoms with Crippen LogP contribution < -0.4 is 4.90 Å². The van der Waals surface area contributed by atoms with Crippen LogP contribution in [0.3, 0.4) is 0 Å². The molecule has 332 valence electrons. The Morgan fingerprint density at radius 1 is 0.357 bits per heavy atom. The normalized spacial score (nSPS) is 16.4. The van der Waals surface area contributed by atoms with Gasteiger partial charge >= 0.3 is 0 Å². The van der Waals surface area contributed by atoms with E-state index < -0.39 is 10.8 Å². The molecule has 2 unspecified atom stereocenters. The molecule has 10 aromatic carbocycles. The van der Waals surface area contributed by atoms with Crippen LogP contribution in [-0.2, 0) is 10.8 Å². The summed E-state index contributed by atoms with van der Waals surface area (Å²) in [4.78, 5) is 2.30.